The van der Waals surface area contributed by atoms with E-state index in [1.807, 2.05) is 0 Å². The Balaban J connectivity index is 2.03. The number of nitrogens with two attached hydrogens (primary N) is 1. The summed E-state index contributed by atoms with van der Waals surface area (Å²) in [6.07, 6.45) is 1.46. The number of hydrogen-bond acceptors (Lipinski definition) is 4. The van der Waals surface area contributed by atoms with Crippen molar-refractivity contribution in [2.24, 2.45) is 0 Å². The second kappa shape index (κ2) is 6.43. The Kier molecular flexibility index (Phi) is 4.33. The average molecular weight is 358 g/mol. The molecule has 0 aliphatic carbocycles. The van der Waals surface area contributed by atoms with Gasteiger partial charge in [0, 0.05) is 10.7 Å². The highest BCUT2D eigenvalue weighted by molar-refractivity contribution is 7.80. The van der Waals surface area contributed by atoms with Crippen molar-refractivity contribution in [3.63, 3.8) is 0 Å². The van der Waals surface area contributed by atoms with Crippen LogP contribution >= 0.6 is 23.8 Å². The highest BCUT2D eigenvalue weighted by Gasteiger charge is 2.34. The molecule has 0 radical (unpaired) electrons. The third-order valence-corrected chi connectivity index (χ3v) is 4.02. The van der Waals surface area contributed by atoms with Gasteiger partial charge < -0.3 is 5.73 Å². The molecule has 24 heavy (non-hydrogen) atoms. The maximum absolute atomic E-state index is 12.8. The number of rotatable bonds is 2. The maximum atomic E-state index is 12.8. The Labute approximate surface area is 148 Å². The minimum Gasteiger partial charge on any atom is -0.398 e. The standard InChI is InChI=1S/C17H12ClN3O2S/c18-11-5-7-12(8-6-11)21-16(23)13(15(22)20-17(21)24)9-10-3-1-2-4-14(10)19/h1-9H,19H2,(H,20,22,24)/b13-9-. The molecule has 1 fully saturated rings. The van der Waals surface area contributed by atoms with E-state index in [0.717, 1.165) is 0 Å². The molecule has 2 aromatic rings. The van der Waals surface area contributed by atoms with Crippen LogP contribution in [0, 0.1) is 0 Å². The Morgan fingerprint density at radius 1 is 1.08 bits per heavy atom. The summed E-state index contributed by atoms with van der Waals surface area (Å²) in [5, 5.41) is 3.07. The second-order valence-corrected chi connectivity index (χ2v) is 5.89. The van der Waals surface area contributed by atoms with Crippen molar-refractivity contribution in [2.75, 3.05) is 10.6 Å². The monoisotopic (exact) mass is 357 g/mol. The number of thiocarbonyl (C=S) groups is 1. The van der Waals surface area contributed by atoms with Crippen molar-refractivity contribution in [1.29, 1.82) is 0 Å². The summed E-state index contributed by atoms with van der Waals surface area (Å²) >= 11 is 11.0. The van der Waals surface area contributed by atoms with E-state index in [1.165, 1.54) is 11.0 Å². The molecule has 0 spiro atoms. The number of carbonyl (C=O) groups excluding carboxylic acids is 2. The van der Waals surface area contributed by atoms with Crippen LogP contribution in [0.1, 0.15) is 5.56 Å². The first-order valence-corrected chi connectivity index (χ1v) is 7.77. The van der Waals surface area contributed by atoms with Gasteiger partial charge in [-0.2, -0.15) is 0 Å². The zero-order valence-corrected chi connectivity index (χ0v) is 13.9. The summed E-state index contributed by atoms with van der Waals surface area (Å²) < 4.78 is 0. The number of nitrogens with one attached hydrogen (secondary N) is 1. The van der Waals surface area contributed by atoms with E-state index in [0.29, 0.717) is 22.0 Å². The Bertz CT molecular complexity index is 878. The van der Waals surface area contributed by atoms with Crippen molar-refractivity contribution >= 4 is 58.2 Å². The van der Waals surface area contributed by atoms with Crippen LogP contribution in [-0.4, -0.2) is 16.9 Å². The van der Waals surface area contributed by atoms with E-state index < -0.39 is 11.8 Å². The van der Waals surface area contributed by atoms with Crippen molar-refractivity contribution in [3.05, 3.63) is 64.7 Å². The molecule has 1 aliphatic heterocycles. The Hall–Kier alpha value is -2.70. The number of amides is 2. The molecule has 3 rings (SSSR count). The first-order chi connectivity index (χ1) is 11.5. The van der Waals surface area contributed by atoms with Crippen LogP contribution in [0.3, 0.4) is 0 Å². The number of hydrogen-bond donors (Lipinski definition) is 2. The number of nitrogens with zero attached hydrogens (tertiary/aromatic N) is 1. The summed E-state index contributed by atoms with van der Waals surface area (Å²) in [5.74, 6) is -1.08. The fourth-order valence-corrected chi connectivity index (χ4v) is 2.69. The molecule has 0 saturated carbocycles. The van der Waals surface area contributed by atoms with Gasteiger partial charge in [0.15, 0.2) is 5.11 Å². The number of para-hydroxylation sites is 1. The van der Waals surface area contributed by atoms with Crippen LogP contribution in [0.15, 0.2) is 54.1 Å². The highest BCUT2D eigenvalue weighted by Crippen LogP contribution is 2.24. The van der Waals surface area contributed by atoms with E-state index in [4.69, 9.17) is 29.6 Å². The summed E-state index contributed by atoms with van der Waals surface area (Å²) in [7, 11) is 0. The number of benzene rings is 2. The fourth-order valence-electron chi connectivity index (χ4n) is 2.28. The van der Waals surface area contributed by atoms with Crippen molar-refractivity contribution < 1.29 is 9.59 Å². The Morgan fingerprint density at radius 3 is 2.42 bits per heavy atom. The minimum absolute atomic E-state index is 0.0190. The summed E-state index contributed by atoms with van der Waals surface area (Å²) in [4.78, 5) is 26.2. The largest absolute Gasteiger partial charge is 0.398 e. The van der Waals surface area contributed by atoms with E-state index in [2.05, 4.69) is 5.32 Å². The molecule has 2 amide bonds. The van der Waals surface area contributed by atoms with Crippen molar-refractivity contribution in [2.45, 2.75) is 0 Å². The van der Waals surface area contributed by atoms with E-state index in [-0.39, 0.29) is 10.7 Å². The van der Waals surface area contributed by atoms with Gasteiger partial charge >= 0.3 is 0 Å². The lowest BCUT2D eigenvalue weighted by atomic mass is 10.1. The number of carbonyl (C=O) groups is 2. The molecule has 1 aliphatic rings. The van der Waals surface area contributed by atoms with Gasteiger partial charge in [0.1, 0.15) is 5.57 Å². The first-order valence-electron chi connectivity index (χ1n) is 6.99. The molecule has 1 heterocycles. The van der Waals surface area contributed by atoms with Gasteiger partial charge in [-0.25, -0.2) is 0 Å². The lowest BCUT2D eigenvalue weighted by Crippen LogP contribution is -2.54. The lowest BCUT2D eigenvalue weighted by Gasteiger charge is -2.29. The molecule has 7 heteroatoms. The topological polar surface area (TPSA) is 75.4 Å². The van der Waals surface area contributed by atoms with E-state index in [9.17, 15) is 9.59 Å². The van der Waals surface area contributed by atoms with Gasteiger partial charge in [-0.1, -0.05) is 29.8 Å². The van der Waals surface area contributed by atoms with Gasteiger partial charge in [0.05, 0.1) is 5.69 Å². The zero-order valence-electron chi connectivity index (χ0n) is 12.3. The predicted octanol–water partition coefficient (Wildman–Crippen LogP) is 2.75. The van der Waals surface area contributed by atoms with Gasteiger partial charge in [0.25, 0.3) is 11.8 Å². The van der Waals surface area contributed by atoms with Gasteiger partial charge in [-0.05, 0) is 54.2 Å². The second-order valence-electron chi connectivity index (χ2n) is 5.06. The molecular weight excluding hydrogens is 346 g/mol. The third-order valence-electron chi connectivity index (χ3n) is 3.48. The normalized spacial score (nSPS) is 16.5. The quantitative estimate of drug-likeness (QED) is 0.375. The smallest absolute Gasteiger partial charge is 0.270 e. The molecular formula is C17H12ClN3O2S. The van der Waals surface area contributed by atoms with Crippen LogP contribution in [0.4, 0.5) is 11.4 Å². The van der Waals surface area contributed by atoms with Crippen LogP contribution < -0.4 is 16.0 Å². The lowest BCUT2D eigenvalue weighted by molar-refractivity contribution is -0.122. The maximum Gasteiger partial charge on any atom is 0.270 e. The molecule has 2 aromatic carbocycles. The van der Waals surface area contributed by atoms with Crippen LogP contribution in [0.25, 0.3) is 6.08 Å². The molecule has 0 bridgehead atoms. The van der Waals surface area contributed by atoms with Crippen molar-refractivity contribution in [3.8, 4) is 0 Å². The van der Waals surface area contributed by atoms with E-state index >= 15 is 0 Å². The first kappa shape index (κ1) is 16.2. The Morgan fingerprint density at radius 2 is 1.75 bits per heavy atom. The SMILES string of the molecule is Nc1ccccc1/C=C1/C(=O)NC(=S)N(c2ccc(Cl)cc2)C1=O. The highest BCUT2D eigenvalue weighted by atomic mass is 35.5. The van der Waals surface area contributed by atoms with Crippen LogP contribution in [0.5, 0.6) is 0 Å². The zero-order chi connectivity index (χ0) is 17.3. The summed E-state index contributed by atoms with van der Waals surface area (Å²) in [6, 6.07) is 13.5. The molecule has 0 atom stereocenters. The summed E-state index contributed by atoms with van der Waals surface area (Å²) in [6.45, 7) is 0. The van der Waals surface area contributed by atoms with Gasteiger partial charge in [0.2, 0.25) is 0 Å². The average Bonchev–Trinajstić information content (AvgIpc) is 2.54. The fraction of sp³-hybridized carbons (Fsp3) is 0. The summed E-state index contributed by atoms with van der Waals surface area (Å²) in [5.41, 5.74) is 7.40. The molecule has 120 valence electrons. The molecule has 1 saturated heterocycles. The molecule has 3 N–H and O–H groups in total. The van der Waals surface area contributed by atoms with Crippen molar-refractivity contribution in [1.82, 2.24) is 5.32 Å². The molecule has 0 unspecified atom stereocenters. The number of nitrogen functional groups attached to an aromatic ring is 1. The molecule has 0 aromatic heterocycles. The predicted molar refractivity (Wildman–Crippen MR) is 98.5 cm³/mol. The third kappa shape index (κ3) is 3.02. The van der Waals surface area contributed by atoms with Crippen LogP contribution in [0.2, 0.25) is 5.02 Å². The van der Waals surface area contributed by atoms with Gasteiger partial charge in [-0.3, -0.25) is 19.8 Å². The van der Waals surface area contributed by atoms with Gasteiger partial charge in [-0.15, -0.1) is 0 Å². The van der Waals surface area contributed by atoms with Crippen LogP contribution in [-0.2, 0) is 9.59 Å². The number of anilines is 2. The minimum atomic E-state index is -0.557. The number of halogens is 1. The van der Waals surface area contributed by atoms with E-state index in [1.54, 1.807) is 48.5 Å². The molecule has 5 nitrogen and oxygen atoms in total.